The molecule has 1 aromatic heterocycles. The van der Waals surface area contributed by atoms with Crippen molar-refractivity contribution < 1.29 is 14.1 Å². The summed E-state index contributed by atoms with van der Waals surface area (Å²) in [6, 6.07) is 8.60. The van der Waals surface area contributed by atoms with Crippen LogP contribution in [0, 0.1) is 5.92 Å². The number of ether oxygens (including phenoxy) is 1. The third kappa shape index (κ3) is 6.05. The summed E-state index contributed by atoms with van der Waals surface area (Å²) in [5.74, 6) is 2.73. The maximum Gasteiger partial charge on any atom is 0.226 e. The Bertz CT molecular complexity index is 790. The molecule has 7 nitrogen and oxygen atoms in total. The summed E-state index contributed by atoms with van der Waals surface area (Å²) in [5, 5.41) is 7.11. The predicted molar refractivity (Wildman–Crippen MR) is 115 cm³/mol. The molecule has 1 N–H and O–H groups in total. The average Bonchev–Trinajstić information content (AvgIpc) is 3.20. The zero-order valence-corrected chi connectivity index (χ0v) is 18.4. The number of benzene rings is 1. The molecule has 2 unspecified atom stereocenters. The Hall–Kier alpha value is -2.41. The van der Waals surface area contributed by atoms with Crippen molar-refractivity contribution in [3.8, 4) is 5.75 Å². The van der Waals surface area contributed by atoms with Gasteiger partial charge in [0.1, 0.15) is 5.75 Å². The number of carbonyl (C=O) groups is 1. The number of nitrogens with zero attached hydrogens (tertiary/aromatic N) is 3. The minimum Gasteiger partial charge on any atom is -0.497 e. The molecule has 1 aliphatic rings. The van der Waals surface area contributed by atoms with E-state index >= 15 is 0 Å². The molecule has 1 aliphatic heterocycles. The van der Waals surface area contributed by atoms with E-state index in [9.17, 15) is 4.79 Å². The number of hydrogen-bond donors (Lipinski definition) is 1. The summed E-state index contributed by atoms with van der Waals surface area (Å²) in [5.41, 5.74) is 1.27. The lowest BCUT2D eigenvalue weighted by Gasteiger charge is -2.39. The maximum absolute atomic E-state index is 12.4. The van der Waals surface area contributed by atoms with Crippen LogP contribution in [0.2, 0.25) is 0 Å². The second kappa shape index (κ2) is 11.1. The van der Waals surface area contributed by atoms with Crippen LogP contribution in [-0.2, 0) is 17.6 Å². The molecule has 0 saturated carbocycles. The first-order chi connectivity index (χ1) is 14.6. The number of hydrogen-bond acceptors (Lipinski definition) is 6. The van der Waals surface area contributed by atoms with Gasteiger partial charge in [-0.05, 0) is 62.9 Å². The van der Waals surface area contributed by atoms with Crippen LogP contribution in [0.15, 0.2) is 28.8 Å². The van der Waals surface area contributed by atoms with Crippen molar-refractivity contribution in [3.63, 3.8) is 0 Å². The van der Waals surface area contributed by atoms with Crippen LogP contribution in [-0.4, -0.2) is 48.2 Å². The molecule has 7 heteroatoms. The summed E-state index contributed by atoms with van der Waals surface area (Å²) < 4.78 is 10.5. The van der Waals surface area contributed by atoms with Crippen molar-refractivity contribution in [1.82, 2.24) is 20.4 Å². The largest absolute Gasteiger partial charge is 0.497 e. The summed E-state index contributed by atoms with van der Waals surface area (Å²) in [6.07, 6.45) is 5.92. The van der Waals surface area contributed by atoms with E-state index in [1.165, 1.54) is 5.56 Å². The number of rotatable bonds is 10. The smallest absolute Gasteiger partial charge is 0.226 e. The summed E-state index contributed by atoms with van der Waals surface area (Å²) in [7, 11) is 3.85. The molecule has 2 aromatic rings. The van der Waals surface area contributed by atoms with Crippen LogP contribution in [0.4, 0.5) is 0 Å². The topological polar surface area (TPSA) is 80.5 Å². The number of aromatic nitrogens is 2. The second-order valence-electron chi connectivity index (χ2n) is 8.11. The Morgan fingerprint density at radius 3 is 2.83 bits per heavy atom. The molecule has 2 atom stereocenters. The van der Waals surface area contributed by atoms with Crippen molar-refractivity contribution in [3.05, 3.63) is 41.5 Å². The number of methoxy groups -OCH3 is 1. The van der Waals surface area contributed by atoms with Gasteiger partial charge in [0.15, 0.2) is 5.82 Å². The number of likely N-dealkylation sites (tertiary alicyclic amines) is 1. The minimum absolute atomic E-state index is 0.0880. The predicted octanol–water partition coefficient (Wildman–Crippen LogP) is 3.55. The van der Waals surface area contributed by atoms with Gasteiger partial charge in [-0.2, -0.15) is 4.98 Å². The first-order valence-electron chi connectivity index (χ1n) is 11.0. The van der Waals surface area contributed by atoms with Gasteiger partial charge >= 0.3 is 0 Å². The number of aryl methyl sites for hydroxylation is 2. The molecule has 164 valence electrons. The summed E-state index contributed by atoms with van der Waals surface area (Å²) in [4.78, 5) is 19.1. The fourth-order valence-corrected chi connectivity index (χ4v) is 4.25. The van der Waals surface area contributed by atoms with Gasteiger partial charge in [0, 0.05) is 31.8 Å². The molecule has 1 amide bonds. The Labute approximate surface area is 179 Å². The van der Waals surface area contributed by atoms with Crippen LogP contribution < -0.4 is 10.1 Å². The van der Waals surface area contributed by atoms with Gasteiger partial charge in [-0.3, -0.25) is 9.69 Å². The monoisotopic (exact) mass is 414 g/mol. The van der Waals surface area contributed by atoms with Crippen LogP contribution >= 0.6 is 0 Å². The summed E-state index contributed by atoms with van der Waals surface area (Å²) >= 11 is 0. The van der Waals surface area contributed by atoms with E-state index in [0.717, 1.165) is 43.8 Å². The Balaban J connectivity index is 1.47. The molecular weight excluding hydrogens is 380 g/mol. The van der Waals surface area contributed by atoms with Gasteiger partial charge in [-0.1, -0.05) is 24.2 Å². The molecule has 30 heavy (non-hydrogen) atoms. The van der Waals surface area contributed by atoms with Gasteiger partial charge in [-0.25, -0.2) is 0 Å². The van der Waals surface area contributed by atoms with Crippen molar-refractivity contribution in [1.29, 1.82) is 0 Å². The van der Waals surface area contributed by atoms with Gasteiger partial charge in [0.2, 0.25) is 11.8 Å². The Morgan fingerprint density at radius 1 is 1.30 bits per heavy atom. The fourth-order valence-electron chi connectivity index (χ4n) is 4.25. The van der Waals surface area contributed by atoms with Crippen LogP contribution in [0.5, 0.6) is 5.75 Å². The highest BCUT2D eigenvalue weighted by Crippen LogP contribution is 2.35. The highest BCUT2D eigenvalue weighted by Gasteiger charge is 2.30. The van der Waals surface area contributed by atoms with Gasteiger partial charge in [0.05, 0.1) is 7.11 Å². The minimum atomic E-state index is 0.0880. The van der Waals surface area contributed by atoms with Crippen molar-refractivity contribution in [2.75, 3.05) is 27.2 Å². The molecule has 1 fully saturated rings. The normalized spacial score (nSPS) is 19.6. The van der Waals surface area contributed by atoms with E-state index < -0.39 is 0 Å². The highest BCUT2D eigenvalue weighted by molar-refractivity contribution is 5.75. The van der Waals surface area contributed by atoms with Crippen molar-refractivity contribution >= 4 is 5.91 Å². The maximum atomic E-state index is 12.4. The molecule has 0 radical (unpaired) electrons. The van der Waals surface area contributed by atoms with Crippen molar-refractivity contribution in [2.45, 2.75) is 57.9 Å². The number of piperidine rings is 1. The molecule has 0 spiro atoms. The third-order valence-electron chi connectivity index (χ3n) is 5.80. The zero-order chi connectivity index (χ0) is 21.3. The van der Waals surface area contributed by atoms with Gasteiger partial charge < -0.3 is 14.6 Å². The number of nitrogens with one attached hydrogen (secondary N) is 1. The number of carbonyl (C=O) groups excluding carboxylic acids is 1. The van der Waals surface area contributed by atoms with Gasteiger partial charge in [0.25, 0.3) is 0 Å². The van der Waals surface area contributed by atoms with E-state index in [1.807, 2.05) is 12.1 Å². The number of amides is 1. The van der Waals surface area contributed by atoms with E-state index in [1.54, 1.807) is 7.11 Å². The Morgan fingerprint density at radius 2 is 2.10 bits per heavy atom. The van der Waals surface area contributed by atoms with E-state index in [-0.39, 0.29) is 5.91 Å². The summed E-state index contributed by atoms with van der Waals surface area (Å²) in [6.45, 7) is 3.86. The average molecular weight is 415 g/mol. The van der Waals surface area contributed by atoms with Crippen LogP contribution in [0.1, 0.15) is 62.3 Å². The standard InChI is InChI=1S/C23H34N4O3/c1-4-7-20-25-22(30-26-20)10-5-9-21(28)24-16-18-8-6-15-27(2)23(18)17-11-13-19(29-3)14-12-17/h11-14,18,23H,4-10,15-16H2,1-3H3,(H,24,28). The first kappa shape index (κ1) is 22.3. The molecule has 3 rings (SSSR count). The molecule has 1 aromatic carbocycles. The lowest BCUT2D eigenvalue weighted by atomic mass is 9.85. The SMILES string of the molecule is CCCc1noc(CCCC(=O)NCC2CCCN(C)C2c2ccc(OC)cc2)n1. The zero-order valence-electron chi connectivity index (χ0n) is 18.4. The lowest BCUT2D eigenvalue weighted by molar-refractivity contribution is -0.121. The fraction of sp³-hybridized carbons (Fsp3) is 0.609. The quantitative estimate of drug-likeness (QED) is 0.640. The molecule has 0 aliphatic carbocycles. The third-order valence-corrected chi connectivity index (χ3v) is 5.80. The highest BCUT2D eigenvalue weighted by atomic mass is 16.5. The van der Waals surface area contributed by atoms with E-state index in [2.05, 4.69) is 46.5 Å². The lowest BCUT2D eigenvalue weighted by Crippen LogP contribution is -2.41. The van der Waals surface area contributed by atoms with E-state index in [4.69, 9.17) is 9.26 Å². The van der Waals surface area contributed by atoms with Crippen molar-refractivity contribution in [2.24, 2.45) is 5.92 Å². The van der Waals surface area contributed by atoms with Crippen LogP contribution in [0.25, 0.3) is 0 Å². The van der Waals surface area contributed by atoms with Crippen LogP contribution in [0.3, 0.4) is 0 Å². The Kier molecular flexibility index (Phi) is 8.25. The molecule has 2 heterocycles. The molecular formula is C23H34N4O3. The molecule has 0 bridgehead atoms. The second-order valence-corrected chi connectivity index (χ2v) is 8.11. The first-order valence-corrected chi connectivity index (χ1v) is 11.0. The van der Waals surface area contributed by atoms with Gasteiger partial charge in [-0.15, -0.1) is 0 Å². The molecule has 1 saturated heterocycles. The van der Waals surface area contributed by atoms with E-state index in [0.29, 0.717) is 43.7 Å².